The third-order valence-corrected chi connectivity index (χ3v) is 6.80. The first-order chi connectivity index (χ1) is 14.7. The molecule has 0 saturated carbocycles. The minimum atomic E-state index is -3.61. The summed E-state index contributed by atoms with van der Waals surface area (Å²) >= 11 is 0. The quantitative estimate of drug-likeness (QED) is 0.584. The molecule has 0 heterocycles. The third kappa shape index (κ3) is 6.53. The molecule has 2 amide bonds. The first-order valence-corrected chi connectivity index (χ1v) is 11.5. The van der Waals surface area contributed by atoms with Gasteiger partial charge in [-0.25, -0.2) is 8.42 Å². The molecule has 168 valence electrons. The highest BCUT2D eigenvalue weighted by molar-refractivity contribution is 7.89. The molecule has 0 fully saturated rings. The highest BCUT2D eigenvalue weighted by Crippen LogP contribution is 2.20. The van der Waals surface area contributed by atoms with Crippen molar-refractivity contribution in [2.24, 2.45) is 0 Å². The Morgan fingerprint density at radius 1 is 0.968 bits per heavy atom. The SMILES string of the molecule is CCN(CC)S(=O)(=O)c1cccc(NC(=O)CNc2ccccc2CC(=O)N(C)C)c1. The van der Waals surface area contributed by atoms with Gasteiger partial charge in [-0.1, -0.05) is 38.1 Å². The smallest absolute Gasteiger partial charge is 0.243 e. The number of rotatable bonds is 10. The average Bonchev–Trinajstić information content (AvgIpc) is 2.74. The van der Waals surface area contributed by atoms with Gasteiger partial charge in [0.1, 0.15) is 0 Å². The van der Waals surface area contributed by atoms with Crippen LogP contribution in [0.15, 0.2) is 53.4 Å². The van der Waals surface area contributed by atoms with Crippen molar-refractivity contribution in [1.82, 2.24) is 9.21 Å². The fraction of sp³-hybridized carbons (Fsp3) is 0.364. The van der Waals surface area contributed by atoms with Crippen molar-refractivity contribution < 1.29 is 18.0 Å². The third-order valence-electron chi connectivity index (χ3n) is 4.76. The van der Waals surface area contributed by atoms with Gasteiger partial charge in [0.2, 0.25) is 21.8 Å². The number of carbonyl (C=O) groups is 2. The summed E-state index contributed by atoms with van der Waals surface area (Å²) in [6.45, 7) is 4.27. The molecule has 2 N–H and O–H groups in total. The van der Waals surface area contributed by atoms with E-state index in [1.807, 2.05) is 24.3 Å². The maximum Gasteiger partial charge on any atom is 0.243 e. The minimum absolute atomic E-state index is 0.0276. The van der Waals surface area contributed by atoms with E-state index in [1.165, 1.54) is 21.3 Å². The van der Waals surface area contributed by atoms with Crippen LogP contribution in [0.3, 0.4) is 0 Å². The summed E-state index contributed by atoms with van der Waals surface area (Å²) in [5.41, 5.74) is 1.89. The maximum atomic E-state index is 12.7. The lowest BCUT2D eigenvalue weighted by Gasteiger charge is -2.19. The average molecular weight is 447 g/mol. The molecule has 0 spiro atoms. The van der Waals surface area contributed by atoms with Crippen LogP contribution in [0.5, 0.6) is 0 Å². The van der Waals surface area contributed by atoms with Gasteiger partial charge >= 0.3 is 0 Å². The van der Waals surface area contributed by atoms with Crippen LogP contribution in [0, 0.1) is 0 Å². The first kappa shape index (κ1) is 24.4. The second kappa shape index (κ2) is 10.9. The summed E-state index contributed by atoms with van der Waals surface area (Å²) in [6, 6.07) is 13.5. The molecular formula is C22H30N4O4S. The van der Waals surface area contributed by atoms with Gasteiger partial charge in [-0.05, 0) is 29.8 Å². The topological polar surface area (TPSA) is 98.8 Å². The normalized spacial score (nSPS) is 11.3. The van der Waals surface area contributed by atoms with Crippen LogP contribution in [0.1, 0.15) is 19.4 Å². The van der Waals surface area contributed by atoms with E-state index in [1.54, 1.807) is 40.1 Å². The molecule has 0 bridgehead atoms. The molecule has 2 aromatic rings. The number of benzene rings is 2. The number of amides is 2. The number of nitrogens with zero attached hydrogens (tertiary/aromatic N) is 2. The Morgan fingerprint density at radius 2 is 1.65 bits per heavy atom. The summed E-state index contributed by atoms with van der Waals surface area (Å²) in [6.07, 6.45) is 0.225. The molecule has 2 rings (SSSR count). The largest absolute Gasteiger partial charge is 0.376 e. The molecule has 0 unspecified atom stereocenters. The van der Waals surface area contributed by atoms with Crippen LogP contribution in [0.25, 0.3) is 0 Å². The molecule has 0 saturated heterocycles. The summed E-state index contributed by atoms with van der Waals surface area (Å²) in [4.78, 5) is 26.1. The zero-order valence-corrected chi connectivity index (χ0v) is 19.2. The van der Waals surface area contributed by atoms with E-state index in [0.717, 1.165) is 5.56 Å². The Hall–Kier alpha value is -2.91. The number of nitrogens with one attached hydrogen (secondary N) is 2. The molecule has 2 aromatic carbocycles. The molecule has 8 nitrogen and oxygen atoms in total. The first-order valence-electron chi connectivity index (χ1n) is 10.1. The Kier molecular flexibility index (Phi) is 8.58. The summed E-state index contributed by atoms with van der Waals surface area (Å²) < 4.78 is 26.7. The second-order valence-electron chi connectivity index (χ2n) is 7.14. The van der Waals surface area contributed by atoms with E-state index < -0.39 is 10.0 Å². The molecule has 0 atom stereocenters. The van der Waals surface area contributed by atoms with Crippen molar-refractivity contribution in [3.8, 4) is 0 Å². The lowest BCUT2D eigenvalue weighted by atomic mass is 10.1. The number of anilines is 2. The number of likely N-dealkylation sites (N-methyl/N-ethyl adjacent to an activating group) is 1. The van der Waals surface area contributed by atoms with E-state index in [2.05, 4.69) is 10.6 Å². The number of hydrogen-bond donors (Lipinski definition) is 2. The second-order valence-corrected chi connectivity index (χ2v) is 9.08. The van der Waals surface area contributed by atoms with Crippen molar-refractivity contribution in [2.75, 3.05) is 44.4 Å². The van der Waals surface area contributed by atoms with Crippen molar-refractivity contribution >= 4 is 33.2 Å². The maximum absolute atomic E-state index is 12.7. The van der Waals surface area contributed by atoms with Gasteiger partial charge in [0.25, 0.3) is 0 Å². The number of para-hydroxylation sites is 1. The summed E-state index contributed by atoms with van der Waals surface area (Å²) in [5.74, 6) is -0.365. The predicted molar refractivity (Wildman–Crippen MR) is 123 cm³/mol. The van der Waals surface area contributed by atoms with Gasteiger partial charge in [0.15, 0.2) is 0 Å². The fourth-order valence-electron chi connectivity index (χ4n) is 3.00. The molecule has 0 aliphatic carbocycles. The lowest BCUT2D eigenvalue weighted by Crippen LogP contribution is -2.30. The lowest BCUT2D eigenvalue weighted by molar-refractivity contribution is -0.127. The molecular weight excluding hydrogens is 416 g/mol. The standard InChI is InChI=1S/C22H30N4O4S/c1-5-26(6-2)31(29,30)19-12-9-11-18(15-19)24-21(27)16-23-20-13-8-7-10-17(20)14-22(28)25(3)4/h7-13,15,23H,5-6,14,16H2,1-4H3,(H,24,27). The Labute approximate surface area is 184 Å². The van der Waals surface area contributed by atoms with Crippen LogP contribution < -0.4 is 10.6 Å². The molecule has 0 radical (unpaired) electrons. The zero-order valence-electron chi connectivity index (χ0n) is 18.4. The fourth-order valence-corrected chi connectivity index (χ4v) is 4.50. The zero-order chi connectivity index (χ0) is 23.0. The van der Waals surface area contributed by atoms with Gasteiger partial charge in [0.05, 0.1) is 17.9 Å². The highest BCUT2D eigenvalue weighted by Gasteiger charge is 2.21. The van der Waals surface area contributed by atoms with Gasteiger partial charge in [-0.3, -0.25) is 9.59 Å². The van der Waals surface area contributed by atoms with Gasteiger partial charge in [0, 0.05) is 38.6 Å². The van der Waals surface area contributed by atoms with E-state index in [9.17, 15) is 18.0 Å². The van der Waals surface area contributed by atoms with Crippen LogP contribution >= 0.6 is 0 Å². The van der Waals surface area contributed by atoms with Crippen LogP contribution in [0.2, 0.25) is 0 Å². The molecule has 31 heavy (non-hydrogen) atoms. The van der Waals surface area contributed by atoms with Crippen molar-refractivity contribution in [2.45, 2.75) is 25.2 Å². The van der Waals surface area contributed by atoms with Gasteiger partial charge < -0.3 is 15.5 Å². The van der Waals surface area contributed by atoms with E-state index in [4.69, 9.17) is 0 Å². The molecule has 0 aliphatic heterocycles. The molecule has 9 heteroatoms. The Balaban J connectivity index is 2.06. The predicted octanol–water partition coefficient (Wildman–Crippen LogP) is 2.40. The van der Waals surface area contributed by atoms with Crippen LogP contribution in [-0.2, 0) is 26.0 Å². The monoisotopic (exact) mass is 446 g/mol. The van der Waals surface area contributed by atoms with Crippen molar-refractivity contribution in [3.05, 3.63) is 54.1 Å². The van der Waals surface area contributed by atoms with E-state index in [-0.39, 0.29) is 29.7 Å². The van der Waals surface area contributed by atoms with Crippen molar-refractivity contribution in [1.29, 1.82) is 0 Å². The van der Waals surface area contributed by atoms with Crippen molar-refractivity contribution in [3.63, 3.8) is 0 Å². The molecule has 0 aliphatic rings. The summed E-state index contributed by atoms with van der Waals surface area (Å²) in [5, 5.41) is 5.77. The summed E-state index contributed by atoms with van der Waals surface area (Å²) in [7, 11) is -0.219. The van der Waals surface area contributed by atoms with Gasteiger partial charge in [-0.2, -0.15) is 4.31 Å². The number of sulfonamides is 1. The van der Waals surface area contributed by atoms with Crippen LogP contribution in [0.4, 0.5) is 11.4 Å². The van der Waals surface area contributed by atoms with E-state index in [0.29, 0.717) is 24.5 Å². The Morgan fingerprint density at radius 3 is 2.29 bits per heavy atom. The van der Waals surface area contributed by atoms with E-state index >= 15 is 0 Å². The van der Waals surface area contributed by atoms with Crippen LogP contribution in [-0.4, -0.2) is 63.2 Å². The van der Waals surface area contributed by atoms with Gasteiger partial charge in [-0.15, -0.1) is 0 Å². The number of carbonyl (C=O) groups excluding carboxylic acids is 2. The minimum Gasteiger partial charge on any atom is -0.376 e. The highest BCUT2D eigenvalue weighted by atomic mass is 32.2. The number of hydrogen-bond acceptors (Lipinski definition) is 5. The molecule has 0 aromatic heterocycles. The Bertz CT molecular complexity index is 1020.